The number of anilines is 2. The van der Waals surface area contributed by atoms with E-state index in [1.54, 1.807) is 13.3 Å². The summed E-state index contributed by atoms with van der Waals surface area (Å²) < 4.78 is 5.90. The van der Waals surface area contributed by atoms with Gasteiger partial charge in [-0.05, 0) is 41.2 Å². The Hall–Kier alpha value is -2.34. The first-order valence-electron chi connectivity index (χ1n) is 6.34. The Labute approximate surface area is 128 Å². The quantitative estimate of drug-likeness (QED) is 0.751. The number of rotatable bonds is 4. The number of methoxy groups -OCH3 is 1. The highest BCUT2D eigenvalue weighted by molar-refractivity contribution is 7.23. The van der Waals surface area contributed by atoms with E-state index in [9.17, 15) is 0 Å². The van der Waals surface area contributed by atoms with Crippen LogP contribution in [0.4, 0.5) is 11.6 Å². The third-order valence-electron chi connectivity index (χ3n) is 2.88. The minimum Gasteiger partial charge on any atom is -0.497 e. The van der Waals surface area contributed by atoms with Crippen molar-refractivity contribution >= 4 is 35.6 Å². The molecule has 0 saturated heterocycles. The SMILES string of the molecule is [B]c1ccc(-c2ccnc(Nc3ccc(OC)cc3)n2)s1. The number of aromatic nitrogens is 2. The molecule has 0 aliphatic heterocycles. The van der Waals surface area contributed by atoms with Crippen LogP contribution in [-0.4, -0.2) is 24.9 Å². The second kappa shape index (κ2) is 5.97. The van der Waals surface area contributed by atoms with Gasteiger partial charge in [0.2, 0.25) is 5.95 Å². The lowest BCUT2D eigenvalue weighted by Crippen LogP contribution is -1.97. The second-order valence-electron chi connectivity index (χ2n) is 4.32. The van der Waals surface area contributed by atoms with Gasteiger partial charge < -0.3 is 10.1 Å². The Morgan fingerprint density at radius 2 is 1.90 bits per heavy atom. The average Bonchev–Trinajstić information content (AvgIpc) is 2.95. The molecule has 4 nitrogen and oxygen atoms in total. The molecule has 3 rings (SSSR count). The first kappa shape index (κ1) is 13.6. The molecule has 3 aromatic rings. The van der Waals surface area contributed by atoms with Crippen LogP contribution in [-0.2, 0) is 0 Å². The lowest BCUT2D eigenvalue weighted by atomic mass is 10.1. The number of benzene rings is 1. The Morgan fingerprint density at radius 3 is 2.57 bits per heavy atom. The highest BCUT2D eigenvalue weighted by atomic mass is 32.1. The standard InChI is InChI=1S/C15H12BN3OS/c1-20-11-4-2-10(3-5-11)18-15-17-9-8-12(19-15)13-6-7-14(16)21-13/h2-9H,1H3,(H,17,18,19). The summed E-state index contributed by atoms with van der Waals surface area (Å²) >= 11 is 1.50. The summed E-state index contributed by atoms with van der Waals surface area (Å²) in [6.07, 6.45) is 1.73. The highest BCUT2D eigenvalue weighted by Crippen LogP contribution is 2.23. The van der Waals surface area contributed by atoms with E-state index in [0.717, 1.165) is 26.8 Å². The highest BCUT2D eigenvalue weighted by Gasteiger charge is 2.04. The predicted molar refractivity (Wildman–Crippen MR) is 87.0 cm³/mol. The number of hydrogen-bond acceptors (Lipinski definition) is 5. The molecule has 0 atom stereocenters. The maximum atomic E-state index is 5.75. The van der Waals surface area contributed by atoms with E-state index in [4.69, 9.17) is 12.6 Å². The van der Waals surface area contributed by atoms with E-state index in [1.165, 1.54) is 11.3 Å². The lowest BCUT2D eigenvalue weighted by molar-refractivity contribution is 0.415. The molecule has 0 aliphatic rings. The van der Waals surface area contributed by atoms with Crippen molar-refractivity contribution in [2.24, 2.45) is 0 Å². The Bertz CT molecular complexity index is 743. The molecule has 2 aromatic heterocycles. The monoisotopic (exact) mass is 293 g/mol. The summed E-state index contributed by atoms with van der Waals surface area (Å²) in [6, 6.07) is 13.3. The van der Waals surface area contributed by atoms with Crippen LogP contribution in [0.5, 0.6) is 5.75 Å². The molecule has 1 N–H and O–H groups in total. The molecule has 0 amide bonds. The van der Waals surface area contributed by atoms with Crippen LogP contribution in [0.2, 0.25) is 0 Å². The summed E-state index contributed by atoms with van der Waals surface area (Å²) in [5.74, 6) is 1.36. The molecule has 2 radical (unpaired) electrons. The molecule has 6 heteroatoms. The van der Waals surface area contributed by atoms with Crippen molar-refractivity contribution in [1.29, 1.82) is 0 Å². The molecule has 0 aliphatic carbocycles. The summed E-state index contributed by atoms with van der Waals surface area (Å²) in [5, 5.41) is 3.17. The van der Waals surface area contributed by atoms with Crippen LogP contribution in [0.3, 0.4) is 0 Å². The molecule has 21 heavy (non-hydrogen) atoms. The van der Waals surface area contributed by atoms with E-state index in [1.807, 2.05) is 42.5 Å². The van der Waals surface area contributed by atoms with Gasteiger partial charge in [0.25, 0.3) is 0 Å². The first-order valence-corrected chi connectivity index (χ1v) is 7.16. The third-order valence-corrected chi connectivity index (χ3v) is 3.82. The van der Waals surface area contributed by atoms with Crippen molar-refractivity contribution in [3.8, 4) is 16.3 Å². The third kappa shape index (κ3) is 3.22. The molecular weight excluding hydrogens is 281 g/mol. The maximum Gasteiger partial charge on any atom is 0.227 e. The van der Waals surface area contributed by atoms with Crippen LogP contribution < -0.4 is 14.8 Å². The van der Waals surface area contributed by atoms with Gasteiger partial charge in [-0.3, -0.25) is 0 Å². The van der Waals surface area contributed by atoms with Gasteiger partial charge in [-0.25, -0.2) is 9.97 Å². The fraction of sp³-hybridized carbons (Fsp3) is 0.0667. The zero-order valence-electron chi connectivity index (χ0n) is 11.4. The molecule has 102 valence electrons. The molecule has 2 heterocycles. The minimum absolute atomic E-state index is 0.546. The van der Waals surface area contributed by atoms with Crippen LogP contribution in [0.25, 0.3) is 10.6 Å². The molecule has 1 aromatic carbocycles. The van der Waals surface area contributed by atoms with Crippen molar-refractivity contribution in [1.82, 2.24) is 9.97 Å². The number of thiophene rings is 1. The van der Waals surface area contributed by atoms with E-state index in [0.29, 0.717) is 5.95 Å². The van der Waals surface area contributed by atoms with Crippen LogP contribution >= 0.6 is 11.3 Å². The van der Waals surface area contributed by atoms with Crippen LogP contribution in [0.1, 0.15) is 0 Å². The van der Waals surface area contributed by atoms with Gasteiger partial charge in [0.05, 0.1) is 17.7 Å². The van der Waals surface area contributed by atoms with Gasteiger partial charge >= 0.3 is 0 Å². The van der Waals surface area contributed by atoms with Crippen molar-refractivity contribution in [2.75, 3.05) is 12.4 Å². The Kier molecular flexibility index (Phi) is 3.88. The molecule has 0 unspecified atom stereocenters. The Morgan fingerprint density at radius 1 is 1.10 bits per heavy atom. The zero-order valence-corrected chi connectivity index (χ0v) is 12.2. The smallest absolute Gasteiger partial charge is 0.227 e. The molecule has 0 bridgehead atoms. The van der Waals surface area contributed by atoms with Gasteiger partial charge in [0.15, 0.2) is 0 Å². The van der Waals surface area contributed by atoms with E-state index < -0.39 is 0 Å². The van der Waals surface area contributed by atoms with E-state index in [2.05, 4.69) is 15.3 Å². The molecule has 0 saturated carbocycles. The summed E-state index contributed by atoms with van der Waals surface area (Å²) in [4.78, 5) is 9.75. The topological polar surface area (TPSA) is 47.0 Å². The van der Waals surface area contributed by atoms with Gasteiger partial charge in [-0.15, -0.1) is 0 Å². The van der Waals surface area contributed by atoms with Gasteiger partial charge in [0, 0.05) is 11.9 Å². The second-order valence-corrected chi connectivity index (χ2v) is 5.44. The number of ether oxygens (including phenoxy) is 1. The van der Waals surface area contributed by atoms with Gasteiger partial charge in [-0.2, -0.15) is 11.3 Å². The minimum atomic E-state index is 0.546. The largest absolute Gasteiger partial charge is 0.497 e. The maximum absolute atomic E-state index is 5.75. The van der Waals surface area contributed by atoms with Crippen LogP contribution in [0.15, 0.2) is 48.7 Å². The van der Waals surface area contributed by atoms with Gasteiger partial charge in [0.1, 0.15) is 13.6 Å². The number of nitrogens with zero attached hydrogens (tertiary/aromatic N) is 2. The first-order chi connectivity index (χ1) is 10.2. The van der Waals surface area contributed by atoms with Crippen molar-refractivity contribution in [2.45, 2.75) is 0 Å². The zero-order chi connectivity index (χ0) is 14.7. The van der Waals surface area contributed by atoms with E-state index >= 15 is 0 Å². The normalized spacial score (nSPS) is 10.3. The summed E-state index contributed by atoms with van der Waals surface area (Å²) in [7, 11) is 7.39. The molecule has 0 spiro atoms. The number of hydrogen-bond donors (Lipinski definition) is 1. The fourth-order valence-electron chi connectivity index (χ4n) is 1.85. The molecule has 0 fully saturated rings. The lowest BCUT2D eigenvalue weighted by Gasteiger charge is -2.06. The van der Waals surface area contributed by atoms with Gasteiger partial charge in [-0.1, -0.05) is 6.07 Å². The van der Waals surface area contributed by atoms with Crippen molar-refractivity contribution in [3.63, 3.8) is 0 Å². The summed E-state index contributed by atoms with van der Waals surface area (Å²) in [5.41, 5.74) is 1.75. The number of nitrogens with one attached hydrogen (secondary N) is 1. The average molecular weight is 293 g/mol. The van der Waals surface area contributed by atoms with Crippen molar-refractivity contribution < 1.29 is 4.74 Å². The van der Waals surface area contributed by atoms with Crippen molar-refractivity contribution in [3.05, 3.63) is 48.7 Å². The predicted octanol–water partition coefficient (Wildman–Crippen LogP) is 2.75. The molecular formula is C15H12BN3OS. The fourth-order valence-corrected chi connectivity index (χ4v) is 2.59. The Balaban J connectivity index is 1.82. The summed E-state index contributed by atoms with van der Waals surface area (Å²) in [6.45, 7) is 0. The van der Waals surface area contributed by atoms with Crippen LogP contribution in [0, 0.1) is 0 Å². The van der Waals surface area contributed by atoms with E-state index in [-0.39, 0.29) is 0 Å².